The van der Waals surface area contributed by atoms with Gasteiger partial charge < -0.3 is 4.42 Å². The molecule has 0 aromatic carbocycles. The van der Waals surface area contributed by atoms with E-state index in [2.05, 4.69) is 23.8 Å². The second kappa shape index (κ2) is 3.62. The third-order valence-corrected chi connectivity index (χ3v) is 1.99. The van der Waals surface area contributed by atoms with Crippen molar-refractivity contribution >= 4 is 0 Å². The average molecular weight is 188 g/mol. The van der Waals surface area contributed by atoms with Gasteiger partial charge in [-0.1, -0.05) is 13.8 Å². The van der Waals surface area contributed by atoms with Crippen molar-refractivity contribution in [1.29, 1.82) is 0 Å². The molecule has 0 atom stereocenters. The van der Waals surface area contributed by atoms with E-state index in [0.717, 1.165) is 17.1 Å². The molecule has 0 aliphatic heterocycles. The van der Waals surface area contributed by atoms with E-state index >= 15 is 0 Å². The fourth-order valence-electron chi connectivity index (χ4n) is 1.21. The molecule has 0 radical (unpaired) electrons. The number of hydrogen-bond donors (Lipinski definition) is 0. The van der Waals surface area contributed by atoms with Gasteiger partial charge in [-0.3, -0.25) is 4.98 Å². The highest BCUT2D eigenvalue weighted by atomic mass is 16.3. The van der Waals surface area contributed by atoms with E-state index in [1.165, 1.54) is 0 Å². The van der Waals surface area contributed by atoms with E-state index in [1.807, 2.05) is 12.1 Å². The van der Waals surface area contributed by atoms with Gasteiger partial charge in [0.25, 0.3) is 0 Å². The Kier molecular flexibility index (Phi) is 2.31. The molecule has 0 aliphatic carbocycles. The van der Waals surface area contributed by atoms with Gasteiger partial charge in [-0.2, -0.15) is 0 Å². The first kappa shape index (κ1) is 8.94. The zero-order valence-corrected chi connectivity index (χ0v) is 8.27. The third-order valence-electron chi connectivity index (χ3n) is 1.99. The van der Waals surface area contributed by atoms with Crippen molar-refractivity contribution in [2.24, 2.45) is 0 Å². The normalized spacial score (nSPS) is 10.8. The zero-order valence-electron chi connectivity index (χ0n) is 8.27. The minimum Gasteiger partial charge on any atom is -0.448 e. The van der Waals surface area contributed by atoms with Crippen molar-refractivity contribution in [3.8, 4) is 11.3 Å². The summed E-state index contributed by atoms with van der Waals surface area (Å²) in [5.41, 5.74) is 1.91. The van der Waals surface area contributed by atoms with Crippen LogP contribution < -0.4 is 0 Å². The molecule has 3 nitrogen and oxygen atoms in total. The summed E-state index contributed by atoms with van der Waals surface area (Å²) in [6.45, 7) is 4.12. The van der Waals surface area contributed by atoms with Gasteiger partial charge in [0.2, 0.25) is 0 Å². The minimum atomic E-state index is 0.325. The second-order valence-electron chi connectivity index (χ2n) is 3.46. The molecule has 0 bridgehead atoms. The third kappa shape index (κ3) is 1.66. The molecule has 2 aromatic heterocycles. The van der Waals surface area contributed by atoms with E-state index < -0.39 is 0 Å². The van der Waals surface area contributed by atoms with Crippen molar-refractivity contribution < 1.29 is 4.42 Å². The molecule has 2 aromatic rings. The van der Waals surface area contributed by atoms with Crippen molar-refractivity contribution in [2.45, 2.75) is 19.8 Å². The van der Waals surface area contributed by atoms with Gasteiger partial charge >= 0.3 is 0 Å². The van der Waals surface area contributed by atoms with Crippen LogP contribution >= 0.6 is 0 Å². The topological polar surface area (TPSA) is 38.9 Å². The van der Waals surface area contributed by atoms with Crippen LogP contribution in [0.25, 0.3) is 11.3 Å². The van der Waals surface area contributed by atoms with Crippen LogP contribution in [0, 0.1) is 0 Å². The molecule has 0 spiro atoms. The predicted molar refractivity (Wildman–Crippen MR) is 53.8 cm³/mol. The number of aromatic nitrogens is 2. The first-order chi connectivity index (χ1) is 6.77. The van der Waals surface area contributed by atoms with Crippen molar-refractivity contribution in [1.82, 2.24) is 9.97 Å². The fraction of sp³-hybridized carbons (Fsp3) is 0.273. The maximum absolute atomic E-state index is 5.35. The lowest BCUT2D eigenvalue weighted by Gasteiger charge is -1.95. The number of pyridine rings is 1. The van der Waals surface area contributed by atoms with E-state index in [9.17, 15) is 0 Å². The van der Waals surface area contributed by atoms with Crippen LogP contribution in [0.5, 0.6) is 0 Å². The van der Waals surface area contributed by atoms with Crippen LogP contribution in [-0.4, -0.2) is 9.97 Å². The van der Waals surface area contributed by atoms with Gasteiger partial charge in [0.05, 0.1) is 0 Å². The average Bonchev–Trinajstić information content (AvgIpc) is 2.68. The molecule has 0 saturated carbocycles. The lowest BCUT2D eigenvalue weighted by molar-refractivity contribution is 0.471. The van der Waals surface area contributed by atoms with Crippen LogP contribution in [0.3, 0.4) is 0 Å². The lowest BCUT2D eigenvalue weighted by Crippen LogP contribution is -1.86. The maximum Gasteiger partial charge on any atom is 0.197 e. The maximum atomic E-state index is 5.35. The fourth-order valence-corrected chi connectivity index (χ4v) is 1.21. The highest BCUT2D eigenvalue weighted by Gasteiger charge is 2.08. The summed E-state index contributed by atoms with van der Waals surface area (Å²) in [7, 11) is 0. The molecule has 0 amide bonds. The van der Waals surface area contributed by atoms with Gasteiger partial charge in [-0.15, -0.1) is 0 Å². The summed E-state index contributed by atoms with van der Waals surface area (Å²) in [5.74, 6) is 1.10. The Morgan fingerprint density at radius 3 is 2.50 bits per heavy atom. The molecule has 0 unspecified atom stereocenters. The van der Waals surface area contributed by atoms with Crippen LogP contribution in [0.4, 0.5) is 0 Å². The Bertz CT molecular complexity index is 406. The number of oxazole rings is 1. The number of nitrogens with zero attached hydrogens (tertiary/aromatic N) is 2. The summed E-state index contributed by atoms with van der Waals surface area (Å²) >= 11 is 0. The SMILES string of the molecule is CC(C)c1nc(-c2ccncc2)co1. The molecule has 0 aliphatic rings. The van der Waals surface area contributed by atoms with E-state index in [-0.39, 0.29) is 0 Å². The van der Waals surface area contributed by atoms with Crippen molar-refractivity contribution in [3.05, 3.63) is 36.7 Å². The first-order valence-electron chi connectivity index (χ1n) is 4.63. The van der Waals surface area contributed by atoms with Crippen LogP contribution in [0.2, 0.25) is 0 Å². The minimum absolute atomic E-state index is 0.325. The summed E-state index contributed by atoms with van der Waals surface area (Å²) in [6.07, 6.45) is 5.18. The molecular weight excluding hydrogens is 176 g/mol. The molecule has 14 heavy (non-hydrogen) atoms. The molecule has 2 rings (SSSR count). The molecule has 72 valence electrons. The molecule has 2 heterocycles. The Labute approximate surface area is 82.8 Å². The van der Waals surface area contributed by atoms with Crippen LogP contribution in [-0.2, 0) is 0 Å². The molecule has 0 fully saturated rings. The molecule has 0 N–H and O–H groups in total. The summed E-state index contributed by atoms with van der Waals surface area (Å²) in [5, 5.41) is 0. The van der Waals surface area contributed by atoms with Crippen LogP contribution in [0.1, 0.15) is 25.7 Å². The van der Waals surface area contributed by atoms with Crippen molar-refractivity contribution in [3.63, 3.8) is 0 Å². The standard InChI is InChI=1S/C11H12N2O/c1-8(2)11-13-10(7-14-11)9-3-5-12-6-4-9/h3-8H,1-2H3. The van der Waals surface area contributed by atoms with Crippen LogP contribution in [0.15, 0.2) is 35.2 Å². The zero-order chi connectivity index (χ0) is 9.97. The predicted octanol–water partition coefficient (Wildman–Crippen LogP) is 2.86. The highest BCUT2D eigenvalue weighted by Crippen LogP contribution is 2.20. The van der Waals surface area contributed by atoms with Gasteiger partial charge in [-0.05, 0) is 12.1 Å². The second-order valence-corrected chi connectivity index (χ2v) is 3.46. The summed E-state index contributed by atoms with van der Waals surface area (Å²) in [4.78, 5) is 8.34. The Morgan fingerprint density at radius 2 is 1.93 bits per heavy atom. The Balaban J connectivity index is 2.34. The Hall–Kier alpha value is -1.64. The summed E-state index contributed by atoms with van der Waals surface area (Å²) < 4.78 is 5.35. The lowest BCUT2D eigenvalue weighted by atomic mass is 10.2. The van der Waals surface area contributed by atoms with Gasteiger partial charge in [0.15, 0.2) is 5.89 Å². The molecule has 0 saturated heterocycles. The van der Waals surface area contributed by atoms with Gasteiger partial charge in [0.1, 0.15) is 12.0 Å². The monoisotopic (exact) mass is 188 g/mol. The molecule has 3 heteroatoms. The number of rotatable bonds is 2. The number of hydrogen-bond acceptors (Lipinski definition) is 3. The largest absolute Gasteiger partial charge is 0.448 e. The highest BCUT2D eigenvalue weighted by molar-refractivity contribution is 5.56. The van der Waals surface area contributed by atoms with Gasteiger partial charge in [0, 0.05) is 23.9 Å². The Morgan fingerprint density at radius 1 is 1.21 bits per heavy atom. The summed E-state index contributed by atoms with van der Waals surface area (Å²) in [6, 6.07) is 3.84. The first-order valence-corrected chi connectivity index (χ1v) is 4.63. The van der Waals surface area contributed by atoms with E-state index in [0.29, 0.717) is 5.92 Å². The van der Waals surface area contributed by atoms with E-state index in [1.54, 1.807) is 18.7 Å². The molecular formula is C11H12N2O. The van der Waals surface area contributed by atoms with Crippen molar-refractivity contribution in [2.75, 3.05) is 0 Å². The quantitative estimate of drug-likeness (QED) is 0.727. The van der Waals surface area contributed by atoms with Gasteiger partial charge in [-0.25, -0.2) is 4.98 Å². The van der Waals surface area contributed by atoms with E-state index in [4.69, 9.17) is 4.42 Å². The smallest absolute Gasteiger partial charge is 0.197 e.